The minimum Gasteiger partial charge on any atom is -0.495 e. The molecular weight excluding hydrogens is 424 g/mol. The number of aryl methyl sites for hydroxylation is 2. The molecule has 2 rings (SSSR count). The standard InChI is InChI=1S/C22H29ClN2O4S/c1-17-7-4-8-18(15-17)9-5-13-24-22(26)10-6-14-25(30(3,27)28)19-11-12-21(29-2)20(23)16-19/h4,7-8,11-12,15-16H,5-6,9-10,13-14H2,1-3H3,(H,24,26). The smallest absolute Gasteiger partial charge is 0.232 e. The van der Waals surface area contributed by atoms with Gasteiger partial charge in [0.1, 0.15) is 5.75 Å². The normalized spacial score (nSPS) is 11.2. The van der Waals surface area contributed by atoms with Crippen LogP contribution < -0.4 is 14.4 Å². The number of ether oxygens (including phenoxy) is 1. The van der Waals surface area contributed by atoms with Crippen molar-refractivity contribution in [3.63, 3.8) is 0 Å². The highest BCUT2D eigenvalue weighted by Crippen LogP contribution is 2.30. The molecule has 0 unspecified atom stereocenters. The van der Waals surface area contributed by atoms with Crippen LogP contribution in [0.15, 0.2) is 42.5 Å². The van der Waals surface area contributed by atoms with Gasteiger partial charge in [-0.1, -0.05) is 41.4 Å². The van der Waals surface area contributed by atoms with Crippen LogP contribution in [0.2, 0.25) is 5.02 Å². The van der Waals surface area contributed by atoms with Crippen molar-refractivity contribution in [2.45, 2.75) is 32.6 Å². The largest absolute Gasteiger partial charge is 0.495 e. The van der Waals surface area contributed by atoms with Crippen LogP contribution in [0.3, 0.4) is 0 Å². The third kappa shape index (κ3) is 7.54. The fourth-order valence-corrected chi connectivity index (χ4v) is 4.37. The molecule has 2 aromatic rings. The van der Waals surface area contributed by atoms with E-state index in [4.69, 9.17) is 16.3 Å². The van der Waals surface area contributed by atoms with E-state index >= 15 is 0 Å². The lowest BCUT2D eigenvalue weighted by atomic mass is 10.1. The Morgan fingerprint density at radius 3 is 2.57 bits per heavy atom. The number of carbonyl (C=O) groups is 1. The van der Waals surface area contributed by atoms with Crippen LogP contribution in [0.5, 0.6) is 5.75 Å². The first-order valence-electron chi connectivity index (χ1n) is 9.84. The van der Waals surface area contributed by atoms with Crippen molar-refractivity contribution >= 4 is 33.2 Å². The predicted octanol–water partition coefficient (Wildman–Crippen LogP) is 3.95. The van der Waals surface area contributed by atoms with Crippen LogP contribution >= 0.6 is 11.6 Å². The van der Waals surface area contributed by atoms with Gasteiger partial charge in [0.25, 0.3) is 0 Å². The summed E-state index contributed by atoms with van der Waals surface area (Å²) in [4.78, 5) is 12.1. The van der Waals surface area contributed by atoms with Crippen molar-refractivity contribution < 1.29 is 17.9 Å². The van der Waals surface area contributed by atoms with E-state index < -0.39 is 10.0 Å². The van der Waals surface area contributed by atoms with Gasteiger partial charge < -0.3 is 10.1 Å². The van der Waals surface area contributed by atoms with Crippen LogP contribution in [0, 0.1) is 6.92 Å². The molecule has 30 heavy (non-hydrogen) atoms. The van der Waals surface area contributed by atoms with Gasteiger partial charge in [-0.15, -0.1) is 0 Å². The van der Waals surface area contributed by atoms with Gasteiger partial charge in [-0.25, -0.2) is 8.42 Å². The van der Waals surface area contributed by atoms with Gasteiger partial charge in [-0.3, -0.25) is 9.10 Å². The topological polar surface area (TPSA) is 75.7 Å². The van der Waals surface area contributed by atoms with E-state index in [-0.39, 0.29) is 18.9 Å². The molecule has 0 saturated heterocycles. The first-order chi connectivity index (χ1) is 14.2. The van der Waals surface area contributed by atoms with Crippen molar-refractivity contribution in [1.82, 2.24) is 5.32 Å². The summed E-state index contributed by atoms with van der Waals surface area (Å²) in [5, 5.41) is 3.23. The molecule has 0 aromatic heterocycles. The van der Waals surface area contributed by atoms with Crippen molar-refractivity contribution in [3.8, 4) is 5.75 Å². The quantitative estimate of drug-likeness (QED) is 0.524. The van der Waals surface area contributed by atoms with E-state index in [1.165, 1.54) is 22.5 Å². The van der Waals surface area contributed by atoms with Gasteiger partial charge in [0.15, 0.2) is 0 Å². The number of nitrogens with one attached hydrogen (secondary N) is 1. The summed E-state index contributed by atoms with van der Waals surface area (Å²) in [5.74, 6) is 0.388. The minimum atomic E-state index is -3.51. The Morgan fingerprint density at radius 2 is 1.93 bits per heavy atom. The first kappa shape index (κ1) is 24.0. The Morgan fingerprint density at radius 1 is 1.17 bits per heavy atom. The number of anilines is 1. The van der Waals surface area contributed by atoms with E-state index in [0.29, 0.717) is 29.4 Å². The van der Waals surface area contributed by atoms with Gasteiger partial charge >= 0.3 is 0 Å². The molecule has 0 fully saturated rings. The predicted molar refractivity (Wildman–Crippen MR) is 122 cm³/mol. The second-order valence-corrected chi connectivity index (χ2v) is 9.51. The lowest BCUT2D eigenvalue weighted by molar-refractivity contribution is -0.121. The molecule has 8 heteroatoms. The monoisotopic (exact) mass is 452 g/mol. The number of methoxy groups -OCH3 is 1. The molecule has 1 amide bonds. The van der Waals surface area contributed by atoms with Crippen molar-refractivity contribution in [2.75, 3.05) is 30.8 Å². The Balaban J connectivity index is 1.80. The zero-order chi connectivity index (χ0) is 22.1. The number of sulfonamides is 1. The fraction of sp³-hybridized carbons (Fsp3) is 0.409. The number of rotatable bonds is 11. The number of halogens is 1. The van der Waals surface area contributed by atoms with Crippen LogP contribution in [0.4, 0.5) is 5.69 Å². The summed E-state index contributed by atoms with van der Waals surface area (Å²) in [6.45, 7) is 2.85. The van der Waals surface area contributed by atoms with Gasteiger partial charge in [-0.2, -0.15) is 0 Å². The molecule has 164 valence electrons. The second-order valence-electron chi connectivity index (χ2n) is 7.20. The minimum absolute atomic E-state index is 0.0829. The molecule has 0 aliphatic heterocycles. The van der Waals surface area contributed by atoms with Gasteiger partial charge in [0, 0.05) is 19.5 Å². The highest BCUT2D eigenvalue weighted by Gasteiger charge is 2.19. The second kappa shape index (κ2) is 11.2. The number of hydrogen-bond acceptors (Lipinski definition) is 4. The van der Waals surface area contributed by atoms with Crippen molar-refractivity contribution in [1.29, 1.82) is 0 Å². The fourth-order valence-electron chi connectivity index (χ4n) is 3.16. The van der Waals surface area contributed by atoms with Crippen LogP contribution in [0.1, 0.15) is 30.4 Å². The molecule has 0 atom stereocenters. The number of benzene rings is 2. The average Bonchev–Trinajstić information content (AvgIpc) is 2.67. The van der Waals surface area contributed by atoms with E-state index in [0.717, 1.165) is 19.1 Å². The molecular formula is C22H29ClN2O4S. The zero-order valence-corrected chi connectivity index (χ0v) is 19.2. The van der Waals surface area contributed by atoms with Gasteiger partial charge in [0.05, 0.1) is 24.1 Å². The van der Waals surface area contributed by atoms with Crippen LogP contribution in [-0.4, -0.2) is 40.8 Å². The first-order valence-corrected chi connectivity index (χ1v) is 12.1. The Hall–Kier alpha value is -2.25. The molecule has 2 aromatic carbocycles. The summed E-state index contributed by atoms with van der Waals surface area (Å²) in [6.07, 6.45) is 3.55. The molecule has 0 spiro atoms. The van der Waals surface area contributed by atoms with E-state index in [2.05, 4.69) is 30.4 Å². The lowest BCUT2D eigenvalue weighted by Crippen LogP contribution is -2.32. The number of carbonyl (C=O) groups excluding carboxylic acids is 1. The summed E-state index contributed by atoms with van der Waals surface area (Å²) in [5.41, 5.74) is 2.93. The van der Waals surface area contributed by atoms with E-state index in [1.807, 2.05) is 6.07 Å². The number of hydrogen-bond donors (Lipinski definition) is 1. The van der Waals surface area contributed by atoms with Crippen LogP contribution in [0.25, 0.3) is 0 Å². The van der Waals surface area contributed by atoms with E-state index in [1.54, 1.807) is 18.2 Å². The Bertz CT molecular complexity index is 963. The third-order valence-corrected chi connectivity index (χ3v) is 6.13. The highest BCUT2D eigenvalue weighted by molar-refractivity contribution is 7.92. The summed E-state index contributed by atoms with van der Waals surface area (Å²) >= 11 is 6.12. The van der Waals surface area contributed by atoms with Gasteiger partial charge in [0.2, 0.25) is 15.9 Å². The van der Waals surface area contributed by atoms with Crippen molar-refractivity contribution in [3.05, 3.63) is 58.6 Å². The Kier molecular flexibility index (Phi) is 8.99. The Labute approximate surface area is 184 Å². The highest BCUT2D eigenvalue weighted by atomic mass is 35.5. The molecule has 0 aliphatic carbocycles. The maximum Gasteiger partial charge on any atom is 0.232 e. The third-order valence-electron chi connectivity index (χ3n) is 4.64. The molecule has 0 bridgehead atoms. The molecule has 0 radical (unpaired) electrons. The average molecular weight is 453 g/mol. The SMILES string of the molecule is COc1ccc(N(CCCC(=O)NCCCc2cccc(C)c2)S(C)(=O)=O)cc1Cl. The molecule has 1 N–H and O–H groups in total. The summed E-state index contributed by atoms with van der Waals surface area (Å²) in [7, 11) is -2.01. The van der Waals surface area contributed by atoms with E-state index in [9.17, 15) is 13.2 Å². The van der Waals surface area contributed by atoms with Gasteiger partial charge in [-0.05, 0) is 49.9 Å². The summed E-state index contributed by atoms with van der Waals surface area (Å²) in [6, 6.07) is 13.1. The molecule has 6 nitrogen and oxygen atoms in total. The number of amides is 1. The summed E-state index contributed by atoms with van der Waals surface area (Å²) < 4.78 is 30.7. The maximum absolute atomic E-state index is 12.2. The lowest BCUT2D eigenvalue weighted by Gasteiger charge is -2.23. The molecule has 0 saturated carbocycles. The molecule has 0 aliphatic rings. The van der Waals surface area contributed by atoms with Crippen molar-refractivity contribution in [2.24, 2.45) is 0 Å². The maximum atomic E-state index is 12.2. The molecule has 0 heterocycles. The number of nitrogens with zero attached hydrogens (tertiary/aromatic N) is 1. The zero-order valence-electron chi connectivity index (χ0n) is 17.7. The van der Waals surface area contributed by atoms with Crippen LogP contribution in [-0.2, 0) is 21.2 Å².